The van der Waals surface area contributed by atoms with Crippen molar-refractivity contribution in [3.05, 3.63) is 95.8 Å². The maximum Gasteiger partial charge on any atom is 0.262 e. The van der Waals surface area contributed by atoms with Crippen LogP contribution in [-0.4, -0.2) is 18.4 Å². The van der Waals surface area contributed by atoms with Gasteiger partial charge in [-0.15, -0.1) is 0 Å². The summed E-state index contributed by atoms with van der Waals surface area (Å²) in [6.45, 7) is 0.0104. The molecule has 144 valence electrons. The van der Waals surface area contributed by atoms with E-state index in [1.807, 2.05) is 6.07 Å². The molecular weight excluding hydrogens is 369 g/mol. The smallest absolute Gasteiger partial charge is 0.262 e. The summed E-state index contributed by atoms with van der Waals surface area (Å²) in [4.78, 5) is 23.9. The van der Waals surface area contributed by atoms with E-state index in [9.17, 15) is 14.0 Å². The Morgan fingerprint density at radius 2 is 1.62 bits per heavy atom. The zero-order chi connectivity index (χ0) is 20.5. The van der Waals surface area contributed by atoms with Crippen molar-refractivity contribution in [2.45, 2.75) is 0 Å². The third-order valence-corrected chi connectivity index (χ3v) is 3.87. The van der Waals surface area contributed by atoms with Gasteiger partial charge in [-0.3, -0.25) is 14.9 Å². The molecule has 0 saturated heterocycles. The normalized spacial score (nSPS) is 9.69. The number of hydrogen-bond acceptors (Lipinski definition) is 3. The van der Waals surface area contributed by atoms with Gasteiger partial charge in [0.1, 0.15) is 5.82 Å². The lowest BCUT2D eigenvalue weighted by atomic mass is 10.2. The third kappa shape index (κ3) is 6.22. The fraction of sp³-hybridized carbons (Fsp3) is 0.0435. The van der Waals surface area contributed by atoms with Crippen LogP contribution in [-0.2, 0) is 4.79 Å². The average molecular weight is 387 g/mol. The molecule has 0 radical (unpaired) electrons. The van der Waals surface area contributed by atoms with Crippen molar-refractivity contribution >= 4 is 23.2 Å². The second-order valence-corrected chi connectivity index (χ2v) is 6.06. The monoisotopic (exact) mass is 387 g/mol. The molecule has 0 aliphatic rings. The van der Waals surface area contributed by atoms with Gasteiger partial charge in [-0.05, 0) is 60.5 Å². The number of nitrogens with one attached hydrogen (secondary N) is 3. The van der Waals surface area contributed by atoms with Gasteiger partial charge in [0.25, 0.3) is 5.91 Å². The van der Waals surface area contributed by atoms with E-state index in [1.54, 1.807) is 60.7 Å². The van der Waals surface area contributed by atoms with Crippen molar-refractivity contribution in [3.63, 3.8) is 0 Å². The predicted octanol–water partition coefficient (Wildman–Crippen LogP) is 3.62. The summed E-state index contributed by atoms with van der Waals surface area (Å²) in [5.74, 6) is 1.94. The van der Waals surface area contributed by atoms with Crippen LogP contribution in [0.2, 0.25) is 0 Å². The molecule has 0 fully saturated rings. The number of anilines is 2. The van der Waals surface area contributed by atoms with Gasteiger partial charge in [0.05, 0.1) is 6.54 Å². The summed E-state index contributed by atoms with van der Waals surface area (Å²) >= 11 is 0. The molecule has 5 nitrogen and oxygen atoms in total. The Morgan fingerprint density at radius 1 is 0.862 bits per heavy atom. The number of halogens is 1. The summed E-state index contributed by atoms with van der Waals surface area (Å²) in [5, 5.41) is 8.12. The molecule has 0 saturated carbocycles. The van der Waals surface area contributed by atoms with Gasteiger partial charge < -0.3 is 10.6 Å². The molecule has 0 aromatic heterocycles. The lowest BCUT2D eigenvalue weighted by molar-refractivity contribution is -0.114. The molecule has 0 bridgehead atoms. The molecule has 0 aliphatic heterocycles. The topological polar surface area (TPSA) is 70.2 Å². The van der Waals surface area contributed by atoms with E-state index in [-0.39, 0.29) is 24.2 Å². The predicted molar refractivity (Wildman–Crippen MR) is 111 cm³/mol. The Bertz CT molecular complexity index is 1050. The van der Waals surface area contributed by atoms with Crippen molar-refractivity contribution in [2.24, 2.45) is 0 Å². The number of carbonyl (C=O) groups excluding carboxylic acids is 2. The second kappa shape index (κ2) is 9.72. The summed E-state index contributed by atoms with van der Waals surface area (Å²) in [6.07, 6.45) is 0. The van der Waals surface area contributed by atoms with E-state index >= 15 is 0 Å². The fourth-order valence-corrected chi connectivity index (χ4v) is 2.44. The lowest BCUT2D eigenvalue weighted by Crippen LogP contribution is -2.21. The van der Waals surface area contributed by atoms with Gasteiger partial charge >= 0.3 is 0 Å². The van der Waals surface area contributed by atoms with Crippen LogP contribution in [0.5, 0.6) is 0 Å². The maximum atomic E-state index is 13.1. The number of carbonyl (C=O) groups is 2. The number of benzene rings is 3. The lowest BCUT2D eigenvalue weighted by Gasteiger charge is -2.08. The number of amides is 2. The van der Waals surface area contributed by atoms with Crippen LogP contribution >= 0.6 is 0 Å². The summed E-state index contributed by atoms with van der Waals surface area (Å²) in [5.41, 5.74) is 2.36. The van der Waals surface area contributed by atoms with Crippen LogP contribution in [0.25, 0.3) is 0 Å². The van der Waals surface area contributed by atoms with Crippen LogP contribution in [0.4, 0.5) is 15.8 Å². The van der Waals surface area contributed by atoms with Crippen LogP contribution in [0.1, 0.15) is 15.9 Å². The molecule has 3 aromatic carbocycles. The number of hydrogen-bond donors (Lipinski definition) is 3. The van der Waals surface area contributed by atoms with Gasteiger partial charge in [-0.25, -0.2) is 4.39 Å². The minimum absolute atomic E-state index is 0.0104. The van der Waals surface area contributed by atoms with E-state index in [1.165, 1.54) is 12.1 Å². The first kappa shape index (κ1) is 19.6. The highest BCUT2D eigenvalue weighted by Crippen LogP contribution is 2.10. The molecule has 3 rings (SSSR count). The molecule has 6 heteroatoms. The van der Waals surface area contributed by atoms with Crippen LogP contribution in [0.3, 0.4) is 0 Å². The molecule has 0 heterocycles. The van der Waals surface area contributed by atoms with E-state index < -0.39 is 0 Å². The SMILES string of the molecule is O=C(CNc1cccc(F)c1)Nc1ccc(C#CNC(=O)c2ccccc2)cc1. The average Bonchev–Trinajstić information content (AvgIpc) is 2.74. The third-order valence-electron chi connectivity index (χ3n) is 3.87. The molecule has 29 heavy (non-hydrogen) atoms. The van der Waals surface area contributed by atoms with Gasteiger partial charge in [0.15, 0.2) is 0 Å². The minimum atomic E-state index is -0.368. The summed E-state index contributed by atoms with van der Waals surface area (Å²) < 4.78 is 13.1. The molecule has 0 unspecified atom stereocenters. The zero-order valence-electron chi connectivity index (χ0n) is 15.4. The van der Waals surface area contributed by atoms with E-state index in [4.69, 9.17) is 0 Å². The van der Waals surface area contributed by atoms with Crippen LogP contribution in [0.15, 0.2) is 78.9 Å². The Balaban J connectivity index is 1.48. The quantitative estimate of drug-likeness (QED) is 0.463. The van der Waals surface area contributed by atoms with Crippen LogP contribution in [0, 0.1) is 17.8 Å². The van der Waals surface area contributed by atoms with Gasteiger partial charge in [-0.1, -0.05) is 24.3 Å². The van der Waals surface area contributed by atoms with E-state index in [0.717, 1.165) is 0 Å². The van der Waals surface area contributed by atoms with E-state index in [0.29, 0.717) is 22.5 Å². The largest absolute Gasteiger partial charge is 0.376 e. The highest BCUT2D eigenvalue weighted by atomic mass is 19.1. The maximum absolute atomic E-state index is 13.1. The van der Waals surface area contributed by atoms with Gasteiger partial charge in [0, 0.05) is 28.5 Å². The minimum Gasteiger partial charge on any atom is -0.376 e. The highest BCUT2D eigenvalue weighted by molar-refractivity contribution is 5.95. The van der Waals surface area contributed by atoms with Crippen molar-refractivity contribution in [1.29, 1.82) is 0 Å². The first-order chi connectivity index (χ1) is 14.1. The van der Waals surface area contributed by atoms with Gasteiger partial charge in [-0.2, -0.15) is 0 Å². The standard InChI is InChI=1S/C23H18FN3O2/c24-19-7-4-8-21(15-19)26-16-22(28)27-20-11-9-17(10-12-20)13-14-25-23(29)18-5-2-1-3-6-18/h1-12,15,26H,16H2,(H,25,29)(H,27,28). The Labute approximate surface area is 168 Å². The summed E-state index contributed by atoms with van der Waals surface area (Å²) in [7, 11) is 0. The summed E-state index contributed by atoms with van der Waals surface area (Å²) in [6, 6.07) is 24.2. The molecular formula is C23H18FN3O2. The highest BCUT2D eigenvalue weighted by Gasteiger charge is 2.03. The first-order valence-electron chi connectivity index (χ1n) is 8.86. The molecule has 3 N–H and O–H groups in total. The van der Waals surface area contributed by atoms with Crippen molar-refractivity contribution in [3.8, 4) is 12.0 Å². The Hall–Kier alpha value is -4.11. The molecule has 0 atom stereocenters. The molecule has 3 aromatic rings. The number of rotatable bonds is 5. The molecule has 2 amide bonds. The van der Waals surface area contributed by atoms with Crippen molar-refractivity contribution in [2.75, 3.05) is 17.2 Å². The van der Waals surface area contributed by atoms with Crippen LogP contribution < -0.4 is 16.0 Å². The van der Waals surface area contributed by atoms with Gasteiger partial charge in [0.2, 0.25) is 5.91 Å². The fourth-order valence-electron chi connectivity index (χ4n) is 2.44. The Morgan fingerprint density at radius 3 is 2.34 bits per heavy atom. The van der Waals surface area contributed by atoms with E-state index in [2.05, 4.69) is 27.9 Å². The zero-order valence-corrected chi connectivity index (χ0v) is 15.4. The Kier molecular flexibility index (Phi) is 6.58. The van der Waals surface area contributed by atoms with Crippen molar-refractivity contribution in [1.82, 2.24) is 5.32 Å². The first-order valence-corrected chi connectivity index (χ1v) is 8.86. The molecule has 0 spiro atoms. The van der Waals surface area contributed by atoms with Crippen molar-refractivity contribution < 1.29 is 14.0 Å². The second-order valence-electron chi connectivity index (χ2n) is 6.06. The molecule has 0 aliphatic carbocycles.